The van der Waals surface area contributed by atoms with Gasteiger partial charge >= 0.3 is 0 Å². The van der Waals surface area contributed by atoms with Crippen LogP contribution in [0.4, 0.5) is 11.4 Å². The number of nitrogens with one attached hydrogen (secondary N) is 2. The van der Waals surface area contributed by atoms with E-state index in [9.17, 15) is 9.59 Å². The molecule has 0 saturated carbocycles. The molecule has 3 aromatic rings. The number of amides is 2. The first-order valence-corrected chi connectivity index (χ1v) is 10.5. The van der Waals surface area contributed by atoms with E-state index >= 15 is 0 Å². The van der Waals surface area contributed by atoms with Crippen LogP contribution in [0.25, 0.3) is 0 Å². The van der Waals surface area contributed by atoms with Gasteiger partial charge in [0.1, 0.15) is 5.75 Å². The van der Waals surface area contributed by atoms with E-state index in [1.54, 1.807) is 48.5 Å². The summed E-state index contributed by atoms with van der Waals surface area (Å²) in [6.07, 6.45) is 1.31. The molecule has 2 amide bonds. The van der Waals surface area contributed by atoms with Gasteiger partial charge in [0.05, 0.1) is 6.61 Å². The van der Waals surface area contributed by atoms with Crippen molar-refractivity contribution in [2.45, 2.75) is 26.7 Å². The summed E-state index contributed by atoms with van der Waals surface area (Å²) in [6, 6.07) is 24.3. The van der Waals surface area contributed by atoms with E-state index in [1.807, 2.05) is 32.0 Å². The zero-order chi connectivity index (χ0) is 22.1. The van der Waals surface area contributed by atoms with Crippen LogP contribution in [0.2, 0.25) is 0 Å². The van der Waals surface area contributed by atoms with Gasteiger partial charge in [-0.15, -0.1) is 0 Å². The number of ether oxygens (including phenoxy) is 1. The zero-order valence-electron chi connectivity index (χ0n) is 17.9. The zero-order valence-corrected chi connectivity index (χ0v) is 17.9. The highest BCUT2D eigenvalue weighted by Crippen LogP contribution is 2.17. The maximum absolute atomic E-state index is 12.5. The molecule has 2 N–H and O–H groups in total. The predicted octanol–water partition coefficient (Wildman–Crippen LogP) is 5.55. The Morgan fingerprint density at radius 2 is 1.42 bits per heavy atom. The number of anilines is 2. The molecule has 0 bridgehead atoms. The van der Waals surface area contributed by atoms with Gasteiger partial charge in [-0.25, -0.2) is 0 Å². The summed E-state index contributed by atoms with van der Waals surface area (Å²) in [5, 5.41) is 5.72. The van der Waals surface area contributed by atoms with E-state index in [2.05, 4.69) is 22.8 Å². The Morgan fingerprint density at radius 3 is 2.03 bits per heavy atom. The van der Waals surface area contributed by atoms with Gasteiger partial charge in [-0.2, -0.15) is 0 Å². The molecule has 0 aromatic heterocycles. The number of hydrogen-bond acceptors (Lipinski definition) is 3. The van der Waals surface area contributed by atoms with Crippen LogP contribution < -0.4 is 15.4 Å². The standard InChI is InChI=1S/C26H28N2O3/c1-19(2)18-25(29)27-22-10-12-23(13-11-22)28-26(30)21-8-14-24(15-9-21)31-17-16-20-6-4-3-5-7-20/h3-15,19H,16-18H2,1-2H3,(H,27,29)(H,28,30). The van der Waals surface area contributed by atoms with Gasteiger partial charge in [-0.05, 0) is 60.0 Å². The number of rotatable bonds is 9. The van der Waals surface area contributed by atoms with E-state index in [1.165, 1.54) is 5.56 Å². The highest BCUT2D eigenvalue weighted by Gasteiger charge is 2.08. The minimum absolute atomic E-state index is 0.0159. The summed E-state index contributed by atoms with van der Waals surface area (Å²) >= 11 is 0. The topological polar surface area (TPSA) is 67.4 Å². The molecule has 0 atom stereocenters. The van der Waals surface area contributed by atoms with Crippen molar-refractivity contribution in [2.24, 2.45) is 5.92 Å². The molecule has 0 saturated heterocycles. The highest BCUT2D eigenvalue weighted by atomic mass is 16.5. The molecular formula is C26H28N2O3. The average molecular weight is 417 g/mol. The number of benzene rings is 3. The maximum Gasteiger partial charge on any atom is 0.255 e. The molecule has 0 aliphatic carbocycles. The van der Waals surface area contributed by atoms with E-state index in [0.717, 1.165) is 12.2 Å². The third-order valence-electron chi connectivity index (χ3n) is 4.64. The first kappa shape index (κ1) is 22.1. The number of carbonyl (C=O) groups is 2. The third-order valence-corrected chi connectivity index (χ3v) is 4.64. The Morgan fingerprint density at radius 1 is 0.806 bits per heavy atom. The molecule has 3 aromatic carbocycles. The SMILES string of the molecule is CC(C)CC(=O)Nc1ccc(NC(=O)c2ccc(OCCc3ccccc3)cc2)cc1. The van der Waals surface area contributed by atoms with Crippen LogP contribution in [-0.4, -0.2) is 18.4 Å². The normalized spacial score (nSPS) is 10.5. The van der Waals surface area contributed by atoms with Crippen LogP contribution in [0.5, 0.6) is 5.75 Å². The first-order valence-electron chi connectivity index (χ1n) is 10.5. The average Bonchev–Trinajstić information content (AvgIpc) is 2.76. The summed E-state index contributed by atoms with van der Waals surface area (Å²) in [6.45, 7) is 4.58. The predicted molar refractivity (Wildman–Crippen MR) is 125 cm³/mol. The number of carbonyl (C=O) groups excluding carboxylic acids is 2. The second kappa shape index (κ2) is 11.0. The maximum atomic E-state index is 12.5. The molecule has 160 valence electrons. The van der Waals surface area contributed by atoms with Crippen molar-refractivity contribution >= 4 is 23.2 Å². The van der Waals surface area contributed by atoms with Crippen LogP contribution in [0, 0.1) is 5.92 Å². The molecule has 0 heterocycles. The fourth-order valence-electron chi connectivity index (χ4n) is 3.06. The summed E-state index contributed by atoms with van der Waals surface area (Å²) in [7, 11) is 0. The molecule has 0 aliphatic heterocycles. The van der Waals surface area contributed by atoms with Crippen LogP contribution in [0.1, 0.15) is 36.2 Å². The Balaban J connectivity index is 1.48. The molecule has 0 unspecified atom stereocenters. The molecule has 3 rings (SSSR count). The smallest absolute Gasteiger partial charge is 0.255 e. The van der Waals surface area contributed by atoms with Gasteiger partial charge in [-0.3, -0.25) is 9.59 Å². The lowest BCUT2D eigenvalue weighted by molar-refractivity contribution is -0.116. The third kappa shape index (κ3) is 7.30. The lowest BCUT2D eigenvalue weighted by atomic mass is 10.1. The van der Waals surface area contributed by atoms with Gasteiger partial charge in [0, 0.05) is 29.8 Å². The lowest BCUT2D eigenvalue weighted by Gasteiger charge is -2.10. The minimum atomic E-state index is -0.201. The second-order valence-electron chi connectivity index (χ2n) is 7.79. The molecule has 5 nitrogen and oxygen atoms in total. The van der Waals surface area contributed by atoms with Crippen molar-refractivity contribution in [3.05, 3.63) is 90.0 Å². The second-order valence-corrected chi connectivity index (χ2v) is 7.79. The first-order chi connectivity index (χ1) is 15.0. The lowest BCUT2D eigenvalue weighted by Crippen LogP contribution is -2.14. The largest absolute Gasteiger partial charge is 0.493 e. The van der Waals surface area contributed by atoms with E-state index in [-0.39, 0.29) is 11.8 Å². The van der Waals surface area contributed by atoms with Crippen molar-refractivity contribution in [2.75, 3.05) is 17.2 Å². The number of hydrogen-bond donors (Lipinski definition) is 2. The van der Waals surface area contributed by atoms with Crippen molar-refractivity contribution in [3.8, 4) is 5.75 Å². The van der Waals surface area contributed by atoms with Crippen LogP contribution >= 0.6 is 0 Å². The van der Waals surface area contributed by atoms with Crippen molar-refractivity contribution < 1.29 is 14.3 Å². The van der Waals surface area contributed by atoms with E-state index in [4.69, 9.17) is 4.74 Å². The molecule has 31 heavy (non-hydrogen) atoms. The van der Waals surface area contributed by atoms with Crippen LogP contribution in [-0.2, 0) is 11.2 Å². The van der Waals surface area contributed by atoms with Gasteiger partial charge < -0.3 is 15.4 Å². The molecule has 5 heteroatoms. The van der Waals surface area contributed by atoms with Crippen LogP contribution in [0.15, 0.2) is 78.9 Å². The van der Waals surface area contributed by atoms with Crippen molar-refractivity contribution in [1.29, 1.82) is 0 Å². The Hall–Kier alpha value is -3.60. The van der Waals surface area contributed by atoms with Crippen molar-refractivity contribution in [1.82, 2.24) is 0 Å². The molecule has 0 aliphatic rings. The van der Waals surface area contributed by atoms with E-state index < -0.39 is 0 Å². The monoisotopic (exact) mass is 416 g/mol. The summed E-state index contributed by atoms with van der Waals surface area (Å²) in [4.78, 5) is 24.3. The van der Waals surface area contributed by atoms with Gasteiger partial charge in [0.2, 0.25) is 5.91 Å². The highest BCUT2D eigenvalue weighted by molar-refractivity contribution is 6.04. The van der Waals surface area contributed by atoms with Gasteiger partial charge in [0.25, 0.3) is 5.91 Å². The summed E-state index contributed by atoms with van der Waals surface area (Å²) < 4.78 is 5.77. The Labute approximate surface area is 183 Å². The quantitative estimate of drug-likeness (QED) is 0.481. The Bertz CT molecular complexity index is 981. The minimum Gasteiger partial charge on any atom is -0.493 e. The molecule has 0 fully saturated rings. The fourth-order valence-corrected chi connectivity index (χ4v) is 3.06. The fraction of sp³-hybridized carbons (Fsp3) is 0.231. The summed E-state index contributed by atoms with van der Waals surface area (Å²) in [5.41, 5.74) is 3.14. The van der Waals surface area contributed by atoms with E-state index in [0.29, 0.717) is 35.9 Å². The molecule has 0 radical (unpaired) electrons. The molecule has 0 spiro atoms. The van der Waals surface area contributed by atoms with Gasteiger partial charge in [0.15, 0.2) is 0 Å². The van der Waals surface area contributed by atoms with Crippen molar-refractivity contribution in [3.63, 3.8) is 0 Å². The van der Waals surface area contributed by atoms with Gasteiger partial charge in [-0.1, -0.05) is 44.2 Å². The molecular weight excluding hydrogens is 388 g/mol. The Kier molecular flexibility index (Phi) is 7.82. The van der Waals surface area contributed by atoms with Crippen LogP contribution in [0.3, 0.4) is 0 Å². The summed E-state index contributed by atoms with van der Waals surface area (Å²) in [5.74, 6) is 0.818.